The highest BCUT2D eigenvalue weighted by atomic mass is 35.5. The molecule has 0 aliphatic rings. The molecule has 108 valence electrons. The largest absolute Gasteiger partial charge is 0.461 e. The molecule has 19 heavy (non-hydrogen) atoms. The molecule has 0 saturated carbocycles. The van der Waals surface area contributed by atoms with Crippen LogP contribution in [0.1, 0.15) is 41.0 Å². The van der Waals surface area contributed by atoms with Crippen LogP contribution >= 0.6 is 11.6 Å². The number of halogens is 1. The lowest BCUT2D eigenvalue weighted by atomic mass is 10.1. The summed E-state index contributed by atoms with van der Waals surface area (Å²) in [6.07, 6.45) is 1.13. The maximum absolute atomic E-state index is 5.94. The Labute approximate surface area is 120 Å². The molecule has 0 aromatic carbocycles. The highest BCUT2D eigenvalue weighted by Gasteiger charge is 2.15. The van der Waals surface area contributed by atoms with E-state index in [0.717, 1.165) is 19.5 Å². The molecular weight excluding hydrogens is 264 g/mol. The van der Waals surface area contributed by atoms with Gasteiger partial charge in [0, 0.05) is 13.1 Å². The zero-order chi connectivity index (χ0) is 14.4. The highest BCUT2D eigenvalue weighted by molar-refractivity contribution is 6.28. The van der Waals surface area contributed by atoms with Crippen molar-refractivity contribution in [2.75, 3.05) is 18.0 Å². The van der Waals surface area contributed by atoms with Crippen LogP contribution in [0.3, 0.4) is 0 Å². The summed E-state index contributed by atoms with van der Waals surface area (Å²) in [6, 6.07) is 0.285. The average Bonchev–Trinajstić information content (AvgIpc) is 2.33. The molecule has 1 rings (SSSR count). The predicted octanol–water partition coefficient (Wildman–Crippen LogP) is 3.18. The van der Waals surface area contributed by atoms with E-state index in [2.05, 4.69) is 40.6 Å². The van der Waals surface area contributed by atoms with Crippen LogP contribution in [0.5, 0.6) is 6.01 Å². The summed E-state index contributed by atoms with van der Waals surface area (Å²) in [7, 11) is 0. The highest BCUT2D eigenvalue weighted by Crippen LogP contribution is 2.17. The molecule has 0 amide bonds. The molecule has 0 fully saturated rings. The molecule has 5 nitrogen and oxygen atoms in total. The smallest absolute Gasteiger partial charge is 0.322 e. The van der Waals surface area contributed by atoms with Crippen LogP contribution in [-0.2, 0) is 0 Å². The van der Waals surface area contributed by atoms with Crippen LogP contribution in [0, 0.1) is 5.92 Å². The Bertz CT molecular complexity index is 400. The monoisotopic (exact) mass is 286 g/mol. The van der Waals surface area contributed by atoms with E-state index in [4.69, 9.17) is 16.3 Å². The van der Waals surface area contributed by atoms with Crippen molar-refractivity contribution in [3.8, 4) is 6.01 Å². The van der Waals surface area contributed by atoms with Gasteiger partial charge in [0.25, 0.3) is 0 Å². The quantitative estimate of drug-likeness (QED) is 0.770. The molecule has 0 aliphatic heterocycles. The Morgan fingerprint density at radius 1 is 1.16 bits per heavy atom. The van der Waals surface area contributed by atoms with E-state index in [-0.39, 0.29) is 17.4 Å². The van der Waals surface area contributed by atoms with Crippen LogP contribution in [0.25, 0.3) is 0 Å². The predicted molar refractivity (Wildman–Crippen MR) is 77.9 cm³/mol. The summed E-state index contributed by atoms with van der Waals surface area (Å²) >= 11 is 5.94. The van der Waals surface area contributed by atoms with Gasteiger partial charge in [-0.1, -0.05) is 20.3 Å². The van der Waals surface area contributed by atoms with Gasteiger partial charge in [0.15, 0.2) is 0 Å². The van der Waals surface area contributed by atoms with E-state index in [9.17, 15) is 0 Å². The van der Waals surface area contributed by atoms with Crippen molar-refractivity contribution < 1.29 is 4.74 Å². The summed E-state index contributed by atoms with van der Waals surface area (Å²) in [5.74, 6) is 1.16. The summed E-state index contributed by atoms with van der Waals surface area (Å²) < 4.78 is 5.49. The third-order valence-corrected chi connectivity index (χ3v) is 2.98. The first-order valence-electron chi connectivity index (χ1n) is 6.79. The third-order valence-electron chi connectivity index (χ3n) is 2.81. The lowest BCUT2D eigenvalue weighted by Crippen LogP contribution is -2.30. The molecular formula is C13H23ClN4O. The molecule has 0 aliphatic carbocycles. The fraction of sp³-hybridized carbons (Fsp3) is 0.769. The number of ether oxygens (including phenoxy) is 1. The van der Waals surface area contributed by atoms with Gasteiger partial charge in [0.1, 0.15) is 0 Å². The number of rotatable bonds is 7. The first-order valence-corrected chi connectivity index (χ1v) is 7.17. The summed E-state index contributed by atoms with van der Waals surface area (Å²) in [4.78, 5) is 14.6. The second-order valence-corrected chi connectivity index (χ2v) is 5.24. The number of nitrogens with zero attached hydrogens (tertiary/aromatic N) is 4. The molecule has 1 aromatic heterocycles. The van der Waals surface area contributed by atoms with Gasteiger partial charge in [-0.25, -0.2) is 0 Å². The molecule has 0 saturated heterocycles. The fourth-order valence-corrected chi connectivity index (χ4v) is 1.73. The zero-order valence-corrected chi connectivity index (χ0v) is 13.1. The normalized spacial score (nSPS) is 12.6. The van der Waals surface area contributed by atoms with Crippen molar-refractivity contribution in [3.63, 3.8) is 0 Å². The number of anilines is 1. The minimum absolute atomic E-state index is 0.0101. The second kappa shape index (κ2) is 7.48. The van der Waals surface area contributed by atoms with Crippen molar-refractivity contribution in [2.24, 2.45) is 5.92 Å². The number of hydrogen-bond donors (Lipinski definition) is 0. The molecule has 0 radical (unpaired) electrons. The SMILES string of the molecule is CCC(C)CN(CC)c1nc(Cl)nc(OC(C)C)n1. The first-order chi connectivity index (χ1) is 8.96. The van der Waals surface area contributed by atoms with E-state index >= 15 is 0 Å². The molecule has 1 atom stereocenters. The van der Waals surface area contributed by atoms with Gasteiger partial charge in [-0.3, -0.25) is 0 Å². The molecule has 6 heteroatoms. The van der Waals surface area contributed by atoms with Gasteiger partial charge in [-0.05, 0) is 38.3 Å². The van der Waals surface area contributed by atoms with Crippen molar-refractivity contribution in [1.82, 2.24) is 15.0 Å². The maximum atomic E-state index is 5.94. The number of hydrogen-bond acceptors (Lipinski definition) is 5. The Morgan fingerprint density at radius 3 is 2.37 bits per heavy atom. The maximum Gasteiger partial charge on any atom is 0.322 e. The molecule has 1 unspecified atom stereocenters. The first kappa shape index (κ1) is 16.0. The van der Waals surface area contributed by atoms with E-state index in [0.29, 0.717) is 11.9 Å². The van der Waals surface area contributed by atoms with Gasteiger partial charge in [0.2, 0.25) is 11.2 Å². The van der Waals surface area contributed by atoms with E-state index in [1.807, 2.05) is 13.8 Å². The van der Waals surface area contributed by atoms with Crippen LogP contribution in [0.2, 0.25) is 5.28 Å². The topological polar surface area (TPSA) is 51.1 Å². The van der Waals surface area contributed by atoms with Gasteiger partial charge >= 0.3 is 6.01 Å². The van der Waals surface area contributed by atoms with Crippen molar-refractivity contribution in [2.45, 2.75) is 47.1 Å². The van der Waals surface area contributed by atoms with Crippen LogP contribution in [0.15, 0.2) is 0 Å². The molecule has 1 heterocycles. The fourth-order valence-electron chi connectivity index (χ4n) is 1.58. The molecule has 1 aromatic rings. The van der Waals surface area contributed by atoms with Crippen molar-refractivity contribution in [1.29, 1.82) is 0 Å². The summed E-state index contributed by atoms with van der Waals surface area (Å²) in [5.41, 5.74) is 0. The lowest BCUT2D eigenvalue weighted by molar-refractivity contribution is 0.221. The summed E-state index contributed by atoms with van der Waals surface area (Å²) in [6.45, 7) is 12.0. The average molecular weight is 287 g/mol. The third kappa shape index (κ3) is 5.19. The van der Waals surface area contributed by atoms with E-state index in [1.54, 1.807) is 0 Å². The van der Waals surface area contributed by atoms with Crippen molar-refractivity contribution in [3.05, 3.63) is 5.28 Å². The second-order valence-electron chi connectivity index (χ2n) is 4.91. The van der Waals surface area contributed by atoms with Crippen molar-refractivity contribution >= 4 is 17.5 Å². The van der Waals surface area contributed by atoms with Gasteiger partial charge in [0.05, 0.1) is 6.10 Å². The van der Waals surface area contributed by atoms with Gasteiger partial charge < -0.3 is 9.64 Å². The molecule has 0 N–H and O–H groups in total. The Kier molecular flexibility index (Phi) is 6.28. The Morgan fingerprint density at radius 2 is 1.84 bits per heavy atom. The standard InChI is InChI=1S/C13H23ClN4O/c1-6-10(5)8-18(7-2)12-15-11(14)16-13(17-12)19-9(3)4/h9-10H,6-8H2,1-5H3. The zero-order valence-electron chi connectivity index (χ0n) is 12.4. The Balaban J connectivity index is 2.93. The lowest BCUT2D eigenvalue weighted by Gasteiger charge is -2.24. The number of aromatic nitrogens is 3. The van der Waals surface area contributed by atoms with Crippen LogP contribution in [0.4, 0.5) is 5.95 Å². The molecule has 0 bridgehead atoms. The van der Waals surface area contributed by atoms with E-state index in [1.165, 1.54) is 0 Å². The van der Waals surface area contributed by atoms with Crippen LogP contribution in [-0.4, -0.2) is 34.1 Å². The van der Waals surface area contributed by atoms with E-state index < -0.39 is 0 Å². The van der Waals surface area contributed by atoms with Gasteiger partial charge in [-0.15, -0.1) is 0 Å². The minimum Gasteiger partial charge on any atom is -0.461 e. The summed E-state index contributed by atoms with van der Waals surface area (Å²) in [5, 5.41) is 0.170. The van der Waals surface area contributed by atoms with Crippen LogP contribution < -0.4 is 9.64 Å². The van der Waals surface area contributed by atoms with Gasteiger partial charge in [-0.2, -0.15) is 15.0 Å². The molecule has 0 spiro atoms. The minimum atomic E-state index is 0.0101. The Hall–Kier alpha value is -1.10.